The Labute approximate surface area is 125 Å². The Bertz CT molecular complexity index is 419. The molecular formula is C16H25NO4. The molecular weight excluding hydrogens is 270 g/mol. The summed E-state index contributed by atoms with van der Waals surface area (Å²) >= 11 is 0. The second kappa shape index (κ2) is 7.07. The van der Waals surface area contributed by atoms with Crippen molar-refractivity contribution < 1.29 is 19.4 Å². The zero-order valence-electron chi connectivity index (χ0n) is 12.7. The van der Waals surface area contributed by atoms with Crippen LogP contribution in [0.2, 0.25) is 0 Å². The number of hydrogen-bond donors (Lipinski definition) is 2. The predicted molar refractivity (Wildman–Crippen MR) is 78.6 cm³/mol. The summed E-state index contributed by atoms with van der Waals surface area (Å²) in [7, 11) is 0. The zero-order chi connectivity index (χ0) is 15.4. The number of rotatable bonds is 8. The molecule has 1 fully saturated rings. The first kappa shape index (κ1) is 16.0. The van der Waals surface area contributed by atoms with Crippen LogP contribution in [-0.4, -0.2) is 36.7 Å². The molecule has 4 atom stereocenters. The Morgan fingerprint density at radius 2 is 1.95 bits per heavy atom. The number of fused-ring (bicyclic) bond motifs is 2. The summed E-state index contributed by atoms with van der Waals surface area (Å²) in [6, 6.07) is 0. The van der Waals surface area contributed by atoms with E-state index in [-0.39, 0.29) is 17.7 Å². The molecule has 2 N–H and O–H groups in total. The van der Waals surface area contributed by atoms with E-state index >= 15 is 0 Å². The number of nitrogens with one attached hydrogen (secondary N) is 1. The van der Waals surface area contributed by atoms with E-state index in [1.165, 1.54) is 0 Å². The molecule has 2 aliphatic rings. The van der Waals surface area contributed by atoms with Gasteiger partial charge in [-0.2, -0.15) is 0 Å². The van der Waals surface area contributed by atoms with Crippen LogP contribution in [0.4, 0.5) is 0 Å². The highest BCUT2D eigenvalue weighted by molar-refractivity contribution is 5.86. The highest BCUT2D eigenvalue weighted by Crippen LogP contribution is 2.48. The molecule has 2 aliphatic carbocycles. The lowest BCUT2D eigenvalue weighted by Crippen LogP contribution is -2.40. The molecule has 118 valence electrons. The maximum atomic E-state index is 12.2. The Morgan fingerprint density at radius 1 is 1.29 bits per heavy atom. The zero-order valence-corrected chi connectivity index (χ0v) is 12.7. The first-order valence-electron chi connectivity index (χ1n) is 7.77. The van der Waals surface area contributed by atoms with E-state index in [4.69, 9.17) is 4.74 Å². The fourth-order valence-electron chi connectivity index (χ4n) is 3.34. The molecule has 1 saturated carbocycles. The van der Waals surface area contributed by atoms with E-state index in [1.807, 2.05) is 12.2 Å². The number of ether oxygens (including phenoxy) is 1. The first-order chi connectivity index (χ1) is 10.0. The molecule has 0 aromatic heterocycles. The number of carbonyl (C=O) groups is 2. The molecule has 0 spiro atoms. The van der Waals surface area contributed by atoms with Crippen molar-refractivity contribution in [1.82, 2.24) is 5.32 Å². The summed E-state index contributed by atoms with van der Waals surface area (Å²) in [5.74, 6) is -1.32. The summed E-state index contributed by atoms with van der Waals surface area (Å²) in [5, 5.41) is 12.2. The second-order valence-electron chi connectivity index (χ2n) is 6.45. The maximum Gasteiger partial charge on any atom is 0.307 e. The molecule has 2 rings (SSSR count). The van der Waals surface area contributed by atoms with Gasteiger partial charge in [0.2, 0.25) is 5.91 Å². The first-order valence-corrected chi connectivity index (χ1v) is 7.77. The van der Waals surface area contributed by atoms with Gasteiger partial charge in [-0.15, -0.1) is 0 Å². The third-order valence-electron chi connectivity index (χ3n) is 4.26. The number of aliphatic carboxylic acids is 1. The minimum Gasteiger partial charge on any atom is -0.481 e. The van der Waals surface area contributed by atoms with Crippen LogP contribution in [0.25, 0.3) is 0 Å². The van der Waals surface area contributed by atoms with Crippen molar-refractivity contribution in [2.24, 2.45) is 29.6 Å². The van der Waals surface area contributed by atoms with Gasteiger partial charge in [-0.1, -0.05) is 26.0 Å². The predicted octanol–water partition coefficient (Wildman–Crippen LogP) is 1.69. The quantitative estimate of drug-likeness (QED) is 0.528. The molecule has 0 heterocycles. The van der Waals surface area contributed by atoms with E-state index in [2.05, 4.69) is 19.2 Å². The van der Waals surface area contributed by atoms with Crippen LogP contribution in [0.3, 0.4) is 0 Å². The molecule has 0 aliphatic heterocycles. The van der Waals surface area contributed by atoms with E-state index < -0.39 is 17.8 Å². The lowest BCUT2D eigenvalue weighted by molar-refractivity contribution is -0.147. The molecule has 0 radical (unpaired) electrons. The van der Waals surface area contributed by atoms with Crippen LogP contribution < -0.4 is 5.32 Å². The summed E-state index contributed by atoms with van der Waals surface area (Å²) in [5.41, 5.74) is 0. The lowest BCUT2D eigenvalue weighted by atomic mass is 9.82. The van der Waals surface area contributed by atoms with Crippen LogP contribution in [0.1, 0.15) is 26.7 Å². The summed E-state index contributed by atoms with van der Waals surface area (Å²) in [4.78, 5) is 23.6. The second-order valence-corrected chi connectivity index (χ2v) is 6.45. The van der Waals surface area contributed by atoms with Gasteiger partial charge in [-0.25, -0.2) is 0 Å². The number of carboxylic acid groups (broad SMARTS) is 1. The lowest BCUT2D eigenvalue weighted by Gasteiger charge is -2.23. The molecule has 5 heteroatoms. The third kappa shape index (κ3) is 3.84. The molecule has 0 aromatic carbocycles. The van der Waals surface area contributed by atoms with Gasteiger partial charge in [0, 0.05) is 19.8 Å². The molecule has 2 bridgehead atoms. The van der Waals surface area contributed by atoms with Crippen molar-refractivity contribution in [1.29, 1.82) is 0 Å². The SMILES string of the molecule is CC(C)COCCCNC(=O)[C@H]1C2C=CC(C2)[C@H]1C(=O)O. The minimum atomic E-state index is -0.854. The molecule has 5 nitrogen and oxygen atoms in total. The number of hydrogen-bond acceptors (Lipinski definition) is 3. The molecule has 0 saturated heterocycles. The molecule has 2 unspecified atom stereocenters. The van der Waals surface area contributed by atoms with E-state index in [0.29, 0.717) is 19.1 Å². The van der Waals surface area contributed by atoms with Gasteiger partial charge in [0.15, 0.2) is 0 Å². The van der Waals surface area contributed by atoms with Crippen LogP contribution in [0.15, 0.2) is 12.2 Å². The van der Waals surface area contributed by atoms with Crippen molar-refractivity contribution in [3.05, 3.63) is 12.2 Å². The topological polar surface area (TPSA) is 75.6 Å². The Hall–Kier alpha value is -1.36. The van der Waals surface area contributed by atoms with Crippen molar-refractivity contribution in [3.8, 4) is 0 Å². The minimum absolute atomic E-state index is 0.0256. The van der Waals surface area contributed by atoms with Gasteiger partial charge in [0.1, 0.15) is 0 Å². The molecule has 21 heavy (non-hydrogen) atoms. The Kier molecular flexibility index (Phi) is 5.39. The maximum absolute atomic E-state index is 12.2. The van der Waals surface area contributed by atoms with Crippen LogP contribution in [-0.2, 0) is 14.3 Å². The molecule has 0 aromatic rings. The number of carbonyl (C=O) groups excluding carboxylic acids is 1. The van der Waals surface area contributed by atoms with Gasteiger partial charge in [-0.3, -0.25) is 9.59 Å². The summed E-state index contributed by atoms with van der Waals surface area (Å²) in [6.07, 6.45) is 5.51. The number of amides is 1. The fraction of sp³-hybridized carbons (Fsp3) is 0.750. The number of carboxylic acids is 1. The normalized spacial score (nSPS) is 30.0. The van der Waals surface area contributed by atoms with Gasteiger partial charge < -0.3 is 15.2 Å². The van der Waals surface area contributed by atoms with Crippen LogP contribution in [0.5, 0.6) is 0 Å². The van der Waals surface area contributed by atoms with E-state index in [9.17, 15) is 14.7 Å². The van der Waals surface area contributed by atoms with Gasteiger partial charge in [0.25, 0.3) is 0 Å². The van der Waals surface area contributed by atoms with Crippen LogP contribution >= 0.6 is 0 Å². The Balaban J connectivity index is 1.73. The average Bonchev–Trinajstić information content (AvgIpc) is 3.02. The summed E-state index contributed by atoms with van der Waals surface area (Å²) in [6.45, 7) is 6.08. The highest BCUT2D eigenvalue weighted by Gasteiger charge is 2.51. The van der Waals surface area contributed by atoms with Gasteiger partial charge in [0.05, 0.1) is 11.8 Å². The largest absolute Gasteiger partial charge is 0.481 e. The van der Waals surface area contributed by atoms with E-state index in [0.717, 1.165) is 19.4 Å². The average molecular weight is 295 g/mol. The van der Waals surface area contributed by atoms with Gasteiger partial charge >= 0.3 is 5.97 Å². The Morgan fingerprint density at radius 3 is 2.57 bits per heavy atom. The van der Waals surface area contributed by atoms with Crippen molar-refractivity contribution in [2.75, 3.05) is 19.8 Å². The van der Waals surface area contributed by atoms with Crippen LogP contribution in [0, 0.1) is 29.6 Å². The summed E-state index contributed by atoms with van der Waals surface area (Å²) < 4.78 is 5.45. The fourth-order valence-corrected chi connectivity index (χ4v) is 3.34. The standard InChI is InChI=1S/C16H25NO4/c1-10(2)9-21-7-3-6-17-15(18)13-11-4-5-12(8-11)14(13)16(19)20/h4-5,10-14H,3,6-9H2,1-2H3,(H,17,18)(H,19,20)/t11?,12?,13-,14+/m0/s1. The van der Waals surface area contributed by atoms with Crippen molar-refractivity contribution in [3.63, 3.8) is 0 Å². The highest BCUT2D eigenvalue weighted by atomic mass is 16.5. The number of allylic oxidation sites excluding steroid dienone is 2. The van der Waals surface area contributed by atoms with Crippen molar-refractivity contribution in [2.45, 2.75) is 26.7 Å². The van der Waals surface area contributed by atoms with Crippen molar-refractivity contribution >= 4 is 11.9 Å². The third-order valence-corrected chi connectivity index (χ3v) is 4.26. The molecule has 1 amide bonds. The monoisotopic (exact) mass is 295 g/mol. The smallest absolute Gasteiger partial charge is 0.307 e. The van der Waals surface area contributed by atoms with E-state index in [1.54, 1.807) is 0 Å². The van der Waals surface area contributed by atoms with Gasteiger partial charge in [-0.05, 0) is 30.6 Å².